The number of carbonyl (C=O) groups is 2. The van der Waals surface area contributed by atoms with E-state index in [4.69, 9.17) is 14.2 Å². The third kappa shape index (κ3) is 5.45. The van der Waals surface area contributed by atoms with Crippen LogP contribution in [0.4, 0.5) is 21.1 Å². The summed E-state index contributed by atoms with van der Waals surface area (Å²) in [5, 5.41) is 0. The second-order valence-corrected chi connectivity index (χ2v) is 6.86. The van der Waals surface area contributed by atoms with Gasteiger partial charge in [-0.2, -0.15) is 4.90 Å². The number of nitrogens with zero attached hydrogens (tertiary/aromatic N) is 3. The van der Waals surface area contributed by atoms with Crippen LogP contribution in [0.3, 0.4) is 0 Å². The summed E-state index contributed by atoms with van der Waals surface area (Å²) < 4.78 is 15.7. The second kappa shape index (κ2) is 8.18. The Morgan fingerprint density at radius 3 is 2.50 bits per heavy atom. The molecular weight excluding hydrogens is 338 g/mol. The van der Waals surface area contributed by atoms with Gasteiger partial charge in [0.15, 0.2) is 5.82 Å². The summed E-state index contributed by atoms with van der Waals surface area (Å²) in [7, 11) is 0. The lowest BCUT2D eigenvalue weighted by Gasteiger charge is -2.30. The Morgan fingerprint density at radius 2 is 1.92 bits per heavy atom. The first kappa shape index (κ1) is 19.7. The third-order valence-electron chi connectivity index (χ3n) is 3.35. The van der Waals surface area contributed by atoms with Crippen molar-refractivity contribution in [3.8, 4) is 0 Å². The van der Waals surface area contributed by atoms with Gasteiger partial charge in [0, 0.05) is 31.0 Å². The molecule has 1 saturated heterocycles. The second-order valence-electron chi connectivity index (χ2n) is 6.86. The maximum Gasteiger partial charge on any atom is 0.430 e. The topological polar surface area (TPSA) is 81.2 Å². The average Bonchev–Trinajstić information content (AvgIpc) is 2.53. The Kier molecular flexibility index (Phi) is 6.20. The Morgan fingerprint density at radius 1 is 1.27 bits per heavy atom. The Balaban J connectivity index is 2.33. The van der Waals surface area contributed by atoms with Crippen molar-refractivity contribution in [1.29, 1.82) is 0 Å². The quantitative estimate of drug-likeness (QED) is 0.762. The number of amides is 2. The van der Waals surface area contributed by atoms with Gasteiger partial charge in [-0.3, -0.25) is 0 Å². The lowest BCUT2D eigenvalue weighted by atomic mass is 10.2. The number of allylic oxidation sites excluding steroid dienone is 1. The molecule has 1 aromatic rings. The van der Waals surface area contributed by atoms with Crippen molar-refractivity contribution in [1.82, 2.24) is 4.98 Å². The molecule has 0 spiro atoms. The summed E-state index contributed by atoms with van der Waals surface area (Å²) in [5.74, 6) is 0.280. The van der Waals surface area contributed by atoms with Crippen LogP contribution in [-0.4, -0.2) is 49.1 Å². The van der Waals surface area contributed by atoms with Gasteiger partial charge in [-0.25, -0.2) is 14.6 Å². The molecule has 0 bridgehead atoms. The SMILES string of the molecule is C=C(C)OC(=O)N(C(=O)OC(C)(C)C)c1cc(N2CCOCC2)ccn1. The molecule has 1 fully saturated rings. The monoisotopic (exact) mass is 363 g/mol. The van der Waals surface area contributed by atoms with E-state index >= 15 is 0 Å². The maximum absolute atomic E-state index is 12.6. The fourth-order valence-corrected chi connectivity index (χ4v) is 2.31. The van der Waals surface area contributed by atoms with E-state index in [2.05, 4.69) is 16.5 Å². The Hall–Kier alpha value is -2.61. The van der Waals surface area contributed by atoms with Crippen molar-refractivity contribution in [2.45, 2.75) is 33.3 Å². The van der Waals surface area contributed by atoms with Gasteiger partial charge in [-0.15, -0.1) is 0 Å². The molecule has 1 aliphatic heterocycles. The van der Waals surface area contributed by atoms with Crippen LogP contribution in [0.25, 0.3) is 0 Å². The summed E-state index contributed by atoms with van der Waals surface area (Å²) in [6.45, 7) is 12.8. The number of pyridine rings is 1. The van der Waals surface area contributed by atoms with E-state index in [0.29, 0.717) is 26.3 Å². The fraction of sp³-hybridized carbons (Fsp3) is 0.500. The first-order valence-electron chi connectivity index (χ1n) is 8.36. The van der Waals surface area contributed by atoms with Crippen LogP contribution >= 0.6 is 0 Å². The number of rotatable bonds is 3. The van der Waals surface area contributed by atoms with Gasteiger partial charge >= 0.3 is 12.2 Å². The van der Waals surface area contributed by atoms with Crippen molar-refractivity contribution in [2.75, 3.05) is 36.1 Å². The highest BCUT2D eigenvalue weighted by atomic mass is 16.6. The Labute approximate surface area is 153 Å². The maximum atomic E-state index is 12.6. The van der Waals surface area contributed by atoms with E-state index < -0.39 is 17.8 Å². The highest BCUT2D eigenvalue weighted by Crippen LogP contribution is 2.24. The number of aromatic nitrogens is 1. The fourth-order valence-electron chi connectivity index (χ4n) is 2.31. The molecule has 8 heteroatoms. The van der Waals surface area contributed by atoms with Gasteiger partial charge < -0.3 is 19.1 Å². The Bertz CT molecular complexity index is 678. The minimum absolute atomic E-state index is 0.120. The molecular formula is C18H25N3O5. The summed E-state index contributed by atoms with van der Waals surface area (Å²) in [5.41, 5.74) is 0.0516. The van der Waals surface area contributed by atoms with Crippen LogP contribution in [0, 0.1) is 0 Å². The van der Waals surface area contributed by atoms with Crippen LogP contribution < -0.4 is 9.80 Å². The summed E-state index contributed by atoms with van der Waals surface area (Å²) in [6, 6.07) is 3.46. The van der Waals surface area contributed by atoms with Crippen LogP contribution in [0.5, 0.6) is 0 Å². The van der Waals surface area contributed by atoms with Gasteiger partial charge in [0.05, 0.1) is 19.0 Å². The van der Waals surface area contributed by atoms with Crippen LogP contribution in [0.2, 0.25) is 0 Å². The van der Waals surface area contributed by atoms with E-state index in [1.165, 1.54) is 13.1 Å². The van der Waals surface area contributed by atoms with Gasteiger partial charge in [0.1, 0.15) is 5.60 Å². The summed E-state index contributed by atoms with van der Waals surface area (Å²) >= 11 is 0. The molecule has 2 heterocycles. The zero-order chi connectivity index (χ0) is 19.3. The van der Waals surface area contributed by atoms with Gasteiger partial charge in [0.2, 0.25) is 0 Å². The van der Waals surface area contributed by atoms with Crippen molar-refractivity contribution in [3.05, 3.63) is 30.7 Å². The first-order valence-corrected chi connectivity index (χ1v) is 8.36. The van der Waals surface area contributed by atoms with Crippen molar-refractivity contribution >= 4 is 23.7 Å². The summed E-state index contributed by atoms with van der Waals surface area (Å²) in [4.78, 5) is 32.0. The van der Waals surface area contributed by atoms with Crippen LogP contribution in [0.15, 0.2) is 30.7 Å². The molecule has 0 aromatic carbocycles. The number of hydrogen-bond acceptors (Lipinski definition) is 7. The molecule has 0 aliphatic carbocycles. The molecule has 0 radical (unpaired) electrons. The van der Waals surface area contributed by atoms with Crippen molar-refractivity contribution in [2.24, 2.45) is 0 Å². The lowest BCUT2D eigenvalue weighted by Crippen LogP contribution is -2.42. The highest BCUT2D eigenvalue weighted by molar-refractivity contribution is 6.09. The first-order chi connectivity index (χ1) is 12.2. The number of hydrogen-bond donors (Lipinski definition) is 0. The molecule has 2 rings (SSSR count). The molecule has 142 valence electrons. The number of imide groups is 1. The molecule has 8 nitrogen and oxygen atoms in total. The predicted molar refractivity (Wildman–Crippen MR) is 97.3 cm³/mol. The van der Waals surface area contributed by atoms with Gasteiger partial charge in [-0.05, 0) is 33.8 Å². The molecule has 26 heavy (non-hydrogen) atoms. The number of carbonyl (C=O) groups excluding carboxylic acids is 2. The minimum Gasteiger partial charge on any atom is -0.443 e. The van der Waals surface area contributed by atoms with Crippen LogP contribution in [-0.2, 0) is 14.2 Å². The number of anilines is 2. The van der Waals surface area contributed by atoms with Crippen LogP contribution in [0.1, 0.15) is 27.7 Å². The van der Waals surface area contributed by atoms with Gasteiger partial charge in [0.25, 0.3) is 0 Å². The molecule has 0 atom stereocenters. The molecule has 1 aliphatic rings. The lowest BCUT2D eigenvalue weighted by molar-refractivity contribution is 0.0576. The van der Waals surface area contributed by atoms with E-state index in [0.717, 1.165) is 10.6 Å². The zero-order valence-electron chi connectivity index (χ0n) is 15.7. The molecule has 0 N–H and O–H groups in total. The summed E-state index contributed by atoms with van der Waals surface area (Å²) in [6.07, 6.45) is -0.250. The normalized spacial score (nSPS) is 14.5. The average molecular weight is 363 g/mol. The van der Waals surface area contributed by atoms with Crippen molar-refractivity contribution < 1.29 is 23.8 Å². The van der Waals surface area contributed by atoms with Gasteiger partial charge in [-0.1, -0.05) is 6.58 Å². The minimum atomic E-state index is -0.918. The molecule has 0 saturated carbocycles. The van der Waals surface area contributed by atoms with E-state index in [1.54, 1.807) is 26.8 Å². The van der Waals surface area contributed by atoms with E-state index in [-0.39, 0.29) is 11.6 Å². The molecule has 0 unspecified atom stereocenters. The third-order valence-corrected chi connectivity index (χ3v) is 3.35. The largest absolute Gasteiger partial charge is 0.443 e. The molecule has 2 amide bonds. The zero-order valence-corrected chi connectivity index (χ0v) is 15.7. The number of ether oxygens (including phenoxy) is 3. The standard InChI is InChI=1S/C18H25N3O5/c1-13(2)25-16(22)21(17(23)26-18(3,4)5)15-12-14(6-7-19-15)20-8-10-24-11-9-20/h6-7,12H,1,8-11H2,2-5H3. The van der Waals surface area contributed by atoms with E-state index in [1.807, 2.05) is 6.07 Å². The smallest absolute Gasteiger partial charge is 0.430 e. The van der Waals surface area contributed by atoms with E-state index in [9.17, 15) is 9.59 Å². The highest BCUT2D eigenvalue weighted by Gasteiger charge is 2.32. The molecule has 1 aromatic heterocycles. The van der Waals surface area contributed by atoms with Crippen molar-refractivity contribution in [3.63, 3.8) is 0 Å². The predicted octanol–water partition coefficient (Wildman–Crippen LogP) is 3.33. The number of morpholine rings is 1.